The van der Waals surface area contributed by atoms with Crippen molar-refractivity contribution in [2.75, 3.05) is 7.11 Å². The summed E-state index contributed by atoms with van der Waals surface area (Å²) < 4.78 is 7.47. The fourth-order valence-electron chi connectivity index (χ4n) is 2.44. The SMILES string of the molecule is COc1ccc2c(c1)nc(C(C)Cl)n2Cc1cscc1C. The van der Waals surface area contributed by atoms with Gasteiger partial charge < -0.3 is 9.30 Å². The molecule has 0 aliphatic carbocycles. The van der Waals surface area contributed by atoms with Crippen LogP contribution in [0.1, 0.15) is 29.3 Å². The molecule has 5 heteroatoms. The summed E-state index contributed by atoms with van der Waals surface area (Å²) in [7, 11) is 1.66. The van der Waals surface area contributed by atoms with Crippen molar-refractivity contribution in [2.24, 2.45) is 0 Å². The predicted molar refractivity (Wildman–Crippen MR) is 88.7 cm³/mol. The summed E-state index contributed by atoms with van der Waals surface area (Å²) in [5, 5.41) is 4.22. The van der Waals surface area contributed by atoms with E-state index >= 15 is 0 Å². The molecule has 1 aromatic carbocycles. The maximum atomic E-state index is 6.32. The van der Waals surface area contributed by atoms with E-state index in [0.29, 0.717) is 0 Å². The van der Waals surface area contributed by atoms with Gasteiger partial charge in [-0.05, 0) is 47.9 Å². The quantitative estimate of drug-likeness (QED) is 0.648. The number of aromatic nitrogens is 2. The average Bonchev–Trinajstić information content (AvgIpc) is 3.03. The molecule has 0 saturated heterocycles. The monoisotopic (exact) mass is 320 g/mol. The van der Waals surface area contributed by atoms with E-state index in [1.165, 1.54) is 11.1 Å². The van der Waals surface area contributed by atoms with Gasteiger partial charge in [0.15, 0.2) is 0 Å². The van der Waals surface area contributed by atoms with E-state index in [0.717, 1.165) is 29.2 Å². The summed E-state index contributed by atoms with van der Waals surface area (Å²) in [5.74, 6) is 1.71. The molecule has 3 rings (SSSR count). The largest absolute Gasteiger partial charge is 0.497 e. The van der Waals surface area contributed by atoms with E-state index in [1.807, 2.05) is 25.1 Å². The van der Waals surface area contributed by atoms with E-state index in [1.54, 1.807) is 18.4 Å². The van der Waals surface area contributed by atoms with Crippen LogP contribution in [0.15, 0.2) is 29.0 Å². The van der Waals surface area contributed by atoms with Crippen molar-refractivity contribution in [3.63, 3.8) is 0 Å². The lowest BCUT2D eigenvalue weighted by Gasteiger charge is -2.10. The Bertz CT molecular complexity index is 776. The van der Waals surface area contributed by atoms with Crippen molar-refractivity contribution in [2.45, 2.75) is 25.8 Å². The van der Waals surface area contributed by atoms with Crippen molar-refractivity contribution in [3.05, 3.63) is 45.9 Å². The van der Waals surface area contributed by atoms with Gasteiger partial charge in [0.25, 0.3) is 0 Å². The third-order valence-electron chi connectivity index (χ3n) is 3.63. The van der Waals surface area contributed by atoms with Crippen LogP contribution in [0.3, 0.4) is 0 Å². The summed E-state index contributed by atoms with van der Waals surface area (Å²) in [5.41, 5.74) is 4.63. The van der Waals surface area contributed by atoms with E-state index in [4.69, 9.17) is 16.3 Å². The van der Waals surface area contributed by atoms with Crippen LogP contribution in [-0.2, 0) is 6.54 Å². The van der Waals surface area contributed by atoms with E-state index in [-0.39, 0.29) is 5.38 Å². The Balaban J connectivity index is 2.14. The number of thiophene rings is 1. The van der Waals surface area contributed by atoms with E-state index < -0.39 is 0 Å². The summed E-state index contributed by atoms with van der Waals surface area (Å²) in [6, 6.07) is 5.96. The molecule has 0 fully saturated rings. The second-order valence-electron chi connectivity index (χ2n) is 5.11. The Kier molecular flexibility index (Phi) is 3.91. The molecule has 0 radical (unpaired) electrons. The normalized spacial score (nSPS) is 12.8. The number of nitrogens with zero attached hydrogens (tertiary/aromatic N) is 2. The molecule has 0 aliphatic heterocycles. The lowest BCUT2D eigenvalue weighted by molar-refractivity contribution is 0.415. The van der Waals surface area contributed by atoms with Gasteiger partial charge in [-0.15, -0.1) is 11.6 Å². The van der Waals surface area contributed by atoms with Gasteiger partial charge in [-0.25, -0.2) is 4.98 Å². The number of methoxy groups -OCH3 is 1. The van der Waals surface area contributed by atoms with Crippen LogP contribution in [0, 0.1) is 6.92 Å². The Hall–Kier alpha value is -1.52. The van der Waals surface area contributed by atoms with Gasteiger partial charge in [0, 0.05) is 6.07 Å². The first-order valence-electron chi connectivity index (χ1n) is 6.80. The van der Waals surface area contributed by atoms with Gasteiger partial charge >= 0.3 is 0 Å². The maximum Gasteiger partial charge on any atom is 0.128 e. The Morgan fingerprint density at radius 2 is 2.19 bits per heavy atom. The second-order valence-corrected chi connectivity index (χ2v) is 6.51. The van der Waals surface area contributed by atoms with Crippen molar-refractivity contribution in [1.82, 2.24) is 9.55 Å². The highest BCUT2D eigenvalue weighted by Crippen LogP contribution is 2.28. The molecule has 0 aliphatic rings. The molecule has 3 nitrogen and oxygen atoms in total. The first-order chi connectivity index (χ1) is 10.1. The first-order valence-corrected chi connectivity index (χ1v) is 8.18. The molecule has 0 N–H and O–H groups in total. The zero-order valence-corrected chi connectivity index (χ0v) is 13.8. The Morgan fingerprint density at radius 1 is 1.38 bits per heavy atom. The van der Waals surface area contributed by atoms with Crippen LogP contribution in [0.4, 0.5) is 0 Å². The molecule has 1 atom stereocenters. The third kappa shape index (κ3) is 2.65. The highest BCUT2D eigenvalue weighted by atomic mass is 35.5. The van der Waals surface area contributed by atoms with Gasteiger partial charge in [-0.1, -0.05) is 0 Å². The minimum absolute atomic E-state index is 0.137. The molecule has 110 valence electrons. The highest BCUT2D eigenvalue weighted by molar-refractivity contribution is 7.08. The molecular weight excluding hydrogens is 304 g/mol. The van der Waals surface area contributed by atoms with Crippen LogP contribution in [-0.4, -0.2) is 16.7 Å². The number of ether oxygens (including phenoxy) is 1. The lowest BCUT2D eigenvalue weighted by Crippen LogP contribution is -2.05. The standard InChI is InChI=1S/C16H17ClN2OS/c1-10-8-21-9-12(10)7-19-15-5-4-13(20-3)6-14(15)18-16(19)11(2)17/h4-6,8-9,11H,7H2,1-3H3. The smallest absolute Gasteiger partial charge is 0.128 e. The van der Waals surface area contributed by atoms with Crippen LogP contribution in [0.25, 0.3) is 11.0 Å². The topological polar surface area (TPSA) is 27.1 Å². The van der Waals surface area contributed by atoms with Crippen molar-refractivity contribution in [3.8, 4) is 5.75 Å². The summed E-state index contributed by atoms with van der Waals surface area (Å²) >= 11 is 8.05. The zero-order valence-electron chi connectivity index (χ0n) is 12.3. The number of alkyl halides is 1. The molecule has 0 spiro atoms. The number of hydrogen-bond donors (Lipinski definition) is 0. The van der Waals surface area contributed by atoms with E-state index in [9.17, 15) is 0 Å². The number of aryl methyl sites for hydroxylation is 1. The van der Waals surface area contributed by atoms with E-state index in [2.05, 4.69) is 27.2 Å². The highest BCUT2D eigenvalue weighted by Gasteiger charge is 2.16. The number of imidazole rings is 1. The van der Waals surface area contributed by atoms with Gasteiger partial charge in [0.05, 0.1) is 30.1 Å². The maximum absolute atomic E-state index is 6.32. The van der Waals surface area contributed by atoms with Gasteiger partial charge in [-0.3, -0.25) is 0 Å². The molecule has 3 aromatic rings. The molecule has 0 saturated carbocycles. The average molecular weight is 321 g/mol. The van der Waals surface area contributed by atoms with Crippen molar-refractivity contribution >= 4 is 34.0 Å². The minimum atomic E-state index is -0.137. The molecule has 21 heavy (non-hydrogen) atoms. The van der Waals surface area contributed by atoms with Crippen LogP contribution >= 0.6 is 22.9 Å². The molecule has 0 amide bonds. The van der Waals surface area contributed by atoms with Crippen molar-refractivity contribution in [1.29, 1.82) is 0 Å². The zero-order chi connectivity index (χ0) is 15.0. The van der Waals surface area contributed by atoms with Gasteiger partial charge in [0.2, 0.25) is 0 Å². The number of rotatable bonds is 4. The Labute approximate surface area is 133 Å². The lowest BCUT2D eigenvalue weighted by atomic mass is 10.2. The number of hydrogen-bond acceptors (Lipinski definition) is 3. The molecule has 1 unspecified atom stereocenters. The predicted octanol–water partition coefficient (Wildman–Crippen LogP) is 4.76. The summed E-state index contributed by atoms with van der Waals surface area (Å²) in [6.45, 7) is 4.89. The third-order valence-corrected chi connectivity index (χ3v) is 4.74. The first kappa shape index (κ1) is 14.4. The molecule has 2 aromatic heterocycles. The summed E-state index contributed by atoms with van der Waals surface area (Å²) in [4.78, 5) is 4.69. The fraction of sp³-hybridized carbons (Fsp3) is 0.312. The molecule has 0 bridgehead atoms. The number of fused-ring (bicyclic) bond motifs is 1. The van der Waals surface area contributed by atoms with Crippen LogP contribution < -0.4 is 4.74 Å². The summed E-state index contributed by atoms with van der Waals surface area (Å²) in [6.07, 6.45) is 0. The van der Waals surface area contributed by atoms with Gasteiger partial charge in [-0.2, -0.15) is 11.3 Å². The Morgan fingerprint density at radius 3 is 2.81 bits per heavy atom. The molecular formula is C16H17ClN2OS. The fourth-order valence-corrected chi connectivity index (χ4v) is 3.46. The number of benzene rings is 1. The second kappa shape index (κ2) is 5.70. The van der Waals surface area contributed by atoms with Crippen LogP contribution in [0.5, 0.6) is 5.75 Å². The van der Waals surface area contributed by atoms with Crippen LogP contribution in [0.2, 0.25) is 0 Å². The number of halogens is 1. The van der Waals surface area contributed by atoms with Crippen molar-refractivity contribution < 1.29 is 4.74 Å². The minimum Gasteiger partial charge on any atom is -0.497 e. The van der Waals surface area contributed by atoms with Gasteiger partial charge in [0.1, 0.15) is 11.6 Å². The molecule has 2 heterocycles.